The fraction of sp³-hybridized carbons (Fsp3) is 0.0952. The van der Waals surface area contributed by atoms with Gasteiger partial charge in [0.1, 0.15) is 11.6 Å². The molecule has 124 valence electrons. The van der Waals surface area contributed by atoms with E-state index >= 15 is 0 Å². The molecule has 4 heteroatoms. The Morgan fingerprint density at radius 1 is 1.12 bits per heavy atom. The highest BCUT2D eigenvalue weighted by Crippen LogP contribution is 2.26. The molecule has 1 N–H and O–H groups in total. The number of allylic oxidation sites excluding steroid dienone is 1. The molecule has 1 aromatic heterocycles. The second kappa shape index (κ2) is 6.66. The predicted octanol–water partition coefficient (Wildman–Crippen LogP) is 5.00. The van der Waals surface area contributed by atoms with Crippen molar-refractivity contribution in [2.45, 2.75) is 13.8 Å². The zero-order chi connectivity index (χ0) is 18.0. The van der Waals surface area contributed by atoms with Gasteiger partial charge in [-0.05, 0) is 61.9 Å². The highest BCUT2D eigenvalue weighted by molar-refractivity contribution is 5.90. The van der Waals surface area contributed by atoms with Gasteiger partial charge >= 0.3 is 0 Å². The van der Waals surface area contributed by atoms with E-state index < -0.39 is 5.82 Å². The van der Waals surface area contributed by atoms with Gasteiger partial charge in [0, 0.05) is 22.6 Å². The number of aryl methyl sites for hydroxylation is 1. The van der Waals surface area contributed by atoms with Gasteiger partial charge < -0.3 is 9.67 Å². The third kappa shape index (κ3) is 3.17. The van der Waals surface area contributed by atoms with Crippen LogP contribution in [-0.2, 0) is 0 Å². The largest absolute Gasteiger partial charge is 0.508 e. The molecule has 0 fully saturated rings. The number of hydrogen-bond donors (Lipinski definition) is 1. The van der Waals surface area contributed by atoms with E-state index in [1.54, 1.807) is 36.4 Å². The van der Waals surface area contributed by atoms with Gasteiger partial charge in [-0.3, -0.25) is 0 Å². The van der Waals surface area contributed by atoms with Crippen LogP contribution in [0.1, 0.15) is 22.5 Å². The number of aromatic hydroxyl groups is 1. The topological polar surface area (TPSA) is 49.0 Å². The quantitative estimate of drug-likeness (QED) is 0.686. The summed E-state index contributed by atoms with van der Waals surface area (Å²) in [5, 5.41) is 18.9. The monoisotopic (exact) mass is 332 g/mol. The predicted molar refractivity (Wildman–Crippen MR) is 96.8 cm³/mol. The zero-order valence-electron chi connectivity index (χ0n) is 14.0. The summed E-state index contributed by atoms with van der Waals surface area (Å²) in [6.45, 7) is 3.91. The van der Waals surface area contributed by atoms with Crippen molar-refractivity contribution in [2.75, 3.05) is 0 Å². The first kappa shape index (κ1) is 16.5. The smallest absolute Gasteiger partial charge is 0.131 e. The highest BCUT2D eigenvalue weighted by Gasteiger charge is 2.12. The number of nitriles is 1. The van der Waals surface area contributed by atoms with Gasteiger partial charge in [-0.15, -0.1) is 0 Å². The molecule has 3 nitrogen and oxygen atoms in total. The fourth-order valence-electron chi connectivity index (χ4n) is 2.94. The number of phenolic OH excluding ortho intramolecular Hbond substituents is 1. The summed E-state index contributed by atoms with van der Waals surface area (Å²) in [5.41, 5.74) is 4.26. The van der Waals surface area contributed by atoms with Gasteiger partial charge in [0.25, 0.3) is 0 Å². The average Bonchev–Trinajstić information content (AvgIpc) is 2.88. The summed E-state index contributed by atoms with van der Waals surface area (Å²) >= 11 is 0. The number of hydrogen-bond acceptors (Lipinski definition) is 2. The lowest BCUT2D eigenvalue weighted by atomic mass is 10.0. The second-order valence-electron chi connectivity index (χ2n) is 5.83. The van der Waals surface area contributed by atoms with E-state index in [1.165, 1.54) is 6.07 Å². The van der Waals surface area contributed by atoms with Gasteiger partial charge in [0.2, 0.25) is 0 Å². The Bertz CT molecular complexity index is 992. The van der Waals surface area contributed by atoms with E-state index in [1.807, 2.05) is 36.6 Å². The molecule has 0 saturated heterocycles. The summed E-state index contributed by atoms with van der Waals surface area (Å²) in [7, 11) is 0. The first-order valence-corrected chi connectivity index (χ1v) is 7.86. The molecule has 0 aliphatic rings. The summed E-state index contributed by atoms with van der Waals surface area (Å²) < 4.78 is 16.0. The standard InChI is InChI=1S/C21H17FN2O/c1-14-11-16(12-17(13-23)20-5-3-4-6-21(20)22)15(2)24(14)18-7-9-19(25)10-8-18/h3-12,25H,1-2H3. The van der Waals surface area contributed by atoms with Gasteiger partial charge in [-0.2, -0.15) is 5.26 Å². The summed E-state index contributed by atoms with van der Waals surface area (Å²) in [6.07, 6.45) is 1.71. The van der Waals surface area contributed by atoms with E-state index in [4.69, 9.17) is 0 Å². The lowest BCUT2D eigenvalue weighted by Crippen LogP contribution is -1.98. The number of halogens is 1. The molecule has 0 atom stereocenters. The van der Waals surface area contributed by atoms with Gasteiger partial charge in [-0.1, -0.05) is 18.2 Å². The van der Waals surface area contributed by atoms with Crippen LogP contribution in [0.4, 0.5) is 4.39 Å². The molecule has 3 rings (SSSR count). The Labute approximate surface area is 145 Å². The molecular formula is C21H17FN2O. The number of benzene rings is 2. The van der Waals surface area contributed by atoms with Crippen LogP contribution in [0.5, 0.6) is 5.75 Å². The number of nitrogens with zero attached hydrogens (tertiary/aromatic N) is 2. The van der Waals surface area contributed by atoms with Crippen molar-refractivity contribution >= 4 is 11.6 Å². The van der Waals surface area contributed by atoms with E-state index in [2.05, 4.69) is 6.07 Å². The van der Waals surface area contributed by atoms with Crippen LogP contribution in [0, 0.1) is 31.0 Å². The van der Waals surface area contributed by atoms with Crippen molar-refractivity contribution in [1.82, 2.24) is 4.57 Å². The van der Waals surface area contributed by atoms with E-state index in [0.717, 1.165) is 22.6 Å². The Morgan fingerprint density at radius 2 is 1.80 bits per heavy atom. The maximum absolute atomic E-state index is 14.0. The molecule has 0 spiro atoms. The lowest BCUT2D eigenvalue weighted by Gasteiger charge is -2.09. The SMILES string of the molecule is Cc1cc(C=C(C#N)c2ccccc2F)c(C)n1-c1ccc(O)cc1. The van der Waals surface area contributed by atoms with Crippen LogP contribution in [0.2, 0.25) is 0 Å². The van der Waals surface area contributed by atoms with E-state index in [-0.39, 0.29) is 11.3 Å². The molecule has 0 bridgehead atoms. The molecule has 25 heavy (non-hydrogen) atoms. The molecule has 0 aliphatic carbocycles. The molecule has 0 amide bonds. The van der Waals surface area contributed by atoms with Crippen LogP contribution < -0.4 is 0 Å². The molecule has 2 aromatic carbocycles. The normalized spacial score (nSPS) is 11.4. The highest BCUT2D eigenvalue weighted by atomic mass is 19.1. The van der Waals surface area contributed by atoms with E-state index in [9.17, 15) is 14.8 Å². The third-order valence-corrected chi connectivity index (χ3v) is 4.16. The molecule has 0 unspecified atom stereocenters. The van der Waals surface area contributed by atoms with Crippen LogP contribution >= 0.6 is 0 Å². The summed E-state index contributed by atoms with van der Waals surface area (Å²) in [5.74, 6) is -0.208. The third-order valence-electron chi connectivity index (χ3n) is 4.16. The minimum absolute atomic E-state index is 0.206. The van der Waals surface area contributed by atoms with Gasteiger partial charge in [0.15, 0.2) is 0 Å². The maximum atomic E-state index is 14.0. The second-order valence-corrected chi connectivity index (χ2v) is 5.83. The van der Waals surface area contributed by atoms with Crippen LogP contribution in [0.15, 0.2) is 54.6 Å². The first-order chi connectivity index (χ1) is 12.0. The molecule has 0 radical (unpaired) electrons. The summed E-state index contributed by atoms with van der Waals surface area (Å²) in [4.78, 5) is 0. The lowest BCUT2D eigenvalue weighted by molar-refractivity contribution is 0.475. The number of rotatable bonds is 3. The Kier molecular flexibility index (Phi) is 4.40. The Hall–Kier alpha value is -3.32. The number of phenols is 1. The van der Waals surface area contributed by atoms with E-state index in [0.29, 0.717) is 5.56 Å². The molecule has 3 aromatic rings. The van der Waals surface area contributed by atoms with Crippen molar-refractivity contribution in [3.05, 3.63) is 82.9 Å². The van der Waals surface area contributed by atoms with Crippen LogP contribution in [-0.4, -0.2) is 9.67 Å². The Balaban J connectivity index is 2.10. The van der Waals surface area contributed by atoms with Crippen molar-refractivity contribution in [2.24, 2.45) is 0 Å². The first-order valence-electron chi connectivity index (χ1n) is 7.86. The molecule has 1 heterocycles. The average molecular weight is 332 g/mol. The number of aromatic nitrogens is 1. The zero-order valence-corrected chi connectivity index (χ0v) is 14.0. The minimum atomic E-state index is -0.414. The maximum Gasteiger partial charge on any atom is 0.131 e. The Morgan fingerprint density at radius 3 is 2.44 bits per heavy atom. The van der Waals surface area contributed by atoms with Crippen molar-refractivity contribution in [3.63, 3.8) is 0 Å². The van der Waals surface area contributed by atoms with Crippen molar-refractivity contribution in [1.29, 1.82) is 5.26 Å². The van der Waals surface area contributed by atoms with Crippen LogP contribution in [0.25, 0.3) is 17.3 Å². The van der Waals surface area contributed by atoms with Crippen molar-refractivity contribution < 1.29 is 9.50 Å². The van der Waals surface area contributed by atoms with Gasteiger partial charge in [0.05, 0.1) is 11.6 Å². The molecule has 0 aliphatic heterocycles. The van der Waals surface area contributed by atoms with Gasteiger partial charge in [-0.25, -0.2) is 4.39 Å². The van der Waals surface area contributed by atoms with Crippen molar-refractivity contribution in [3.8, 4) is 17.5 Å². The minimum Gasteiger partial charge on any atom is -0.508 e. The van der Waals surface area contributed by atoms with Crippen LogP contribution in [0.3, 0.4) is 0 Å². The summed E-state index contributed by atoms with van der Waals surface area (Å²) in [6, 6.07) is 17.2. The molecule has 0 saturated carbocycles. The fourth-order valence-corrected chi connectivity index (χ4v) is 2.94. The molecular weight excluding hydrogens is 315 g/mol.